The first-order valence-corrected chi connectivity index (χ1v) is 4.20. The summed E-state index contributed by atoms with van der Waals surface area (Å²) in [6.45, 7) is 3.68. The number of hydrogen-bond acceptors (Lipinski definition) is 2. The van der Waals surface area contributed by atoms with Gasteiger partial charge in [0.15, 0.2) is 0 Å². The number of carbonyl (C=O) groups excluding carboxylic acids is 1. The highest BCUT2D eigenvalue weighted by Gasteiger charge is 1.98. The third-order valence-corrected chi connectivity index (χ3v) is 1.33. The fourth-order valence-corrected chi connectivity index (χ4v) is 0.755. The van der Waals surface area contributed by atoms with E-state index < -0.39 is 0 Å². The number of Topliss-reactive ketones (excluding diaryl/α,β-unsaturated/α-hetero) is 1. The van der Waals surface area contributed by atoms with Crippen molar-refractivity contribution in [1.82, 2.24) is 0 Å². The van der Waals surface area contributed by atoms with Crippen LogP contribution in [0.15, 0.2) is 0 Å². The van der Waals surface area contributed by atoms with Crippen molar-refractivity contribution >= 4 is 5.78 Å². The van der Waals surface area contributed by atoms with Gasteiger partial charge in [0.1, 0.15) is 5.78 Å². The highest BCUT2D eigenvalue weighted by atomic mass is 16.5. The fourth-order valence-electron chi connectivity index (χ4n) is 0.755. The molecule has 0 saturated carbocycles. The minimum atomic E-state index is 0.221. The third kappa shape index (κ3) is 7.53. The quantitative estimate of drug-likeness (QED) is 0.532. The highest BCUT2D eigenvalue weighted by Crippen LogP contribution is 1.94. The summed E-state index contributed by atoms with van der Waals surface area (Å²) in [6.07, 6.45) is 2.74. The first kappa shape index (κ1) is 8.72. The van der Waals surface area contributed by atoms with E-state index in [1.165, 1.54) is 0 Å². The molecule has 0 rings (SSSR count). The zero-order chi connectivity index (χ0) is 9.23. The molecule has 66 valence electrons. The normalized spacial score (nSPS) is 11.2. The van der Waals surface area contributed by atoms with Crippen LogP contribution < -0.4 is 0 Å². The summed E-state index contributed by atoms with van der Waals surface area (Å²) >= 11 is 0. The standard InChI is InChI=1S/C9H18O2/c1-3-5-9(10)6-8-11-7-4-2/h3-8H2,1-2H3/i1D. The average molecular weight is 159 g/mol. The number of ether oxygens (including phenoxy) is 1. The average Bonchev–Trinajstić information content (AvgIpc) is 2.09. The Morgan fingerprint density at radius 3 is 2.82 bits per heavy atom. The van der Waals surface area contributed by atoms with Gasteiger partial charge < -0.3 is 4.74 Å². The molecule has 0 saturated heterocycles. The van der Waals surface area contributed by atoms with E-state index in [4.69, 9.17) is 6.11 Å². The predicted molar refractivity (Wildman–Crippen MR) is 45.6 cm³/mol. The smallest absolute Gasteiger partial charge is 0.135 e. The van der Waals surface area contributed by atoms with E-state index in [0.717, 1.165) is 13.0 Å². The van der Waals surface area contributed by atoms with Crippen molar-refractivity contribution in [3.63, 3.8) is 0 Å². The van der Waals surface area contributed by atoms with Crippen LogP contribution in [0.25, 0.3) is 0 Å². The molecule has 0 spiro atoms. The Balaban J connectivity index is 3.08. The Bertz CT molecular complexity index is 115. The van der Waals surface area contributed by atoms with E-state index >= 15 is 0 Å². The van der Waals surface area contributed by atoms with E-state index in [9.17, 15) is 4.79 Å². The minimum absolute atomic E-state index is 0.221. The molecule has 0 aliphatic heterocycles. The summed E-state index contributed by atoms with van der Waals surface area (Å²) < 4.78 is 12.0. The van der Waals surface area contributed by atoms with Crippen LogP contribution >= 0.6 is 0 Å². The summed E-state index contributed by atoms with van der Waals surface area (Å²) in [6, 6.07) is 0. The number of hydrogen-bond donors (Lipinski definition) is 0. The Morgan fingerprint density at radius 1 is 1.36 bits per heavy atom. The largest absolute Gasteiger partial charge is 0.381 e. The molecule has 0 bridgehead atoms. The molecule has 0 fully saturated rings. The lowest BCUT2D eigenvalue weighted by atomic mass is 10.2. The summed E-state index contributed by atoms with van der Waals surface area (Å²) in [7, 11) is 0. The van der Waals surface area contributed by atoms with Crippen molar-refractivity contribution < 1.29 is 10.9 Å². The molecule has 0 unspecified atom stereocenters. The van der Waals surface area contributed by atoms with Gasteiger partial charge in [-0.1, -0.05) is 13.8 Å². The lowest BCUT2D eigenvalue weighted by Gasteiger charge is -2.00. The second-order valence-corrected chi connectivity index (χ2v) is 2.50. The Hall–Kier alpha value is -0.370. The van der Waals surface area contributed by atoms with Gasteiger partial charge in [-0.05, 0) is 12.8 Å². The van der Waals surface area contributed by atoms with Crippen LogP contribution in [0.1, 0.15) is 40.9 Å². The maximum absolute atomic E-state index is 11.0. The summed E-state index contributed by atoms with van der Waals surface area (Å²) in [4.78, 5) is 11.0. The number of rotatable bonds is 7. The summed E-state index contributed by atoms with van der Waals surface area (Å²) in [5.41, 5.74) is 0. The molecule has 0 aliphatic carbocycles. The van der Waals surface area contributed by atoms with E-state index in [1.54, 1.807) is 0 Å². The molecule has 0 N–H and O–H groups in total. The first-order valence-electron chi connectivity index (χ1n) is 4.90. The molecule has 0 aliphatic rings. The Morgan fingerprint density at radius 2 is 2.18 bits per heavy atom. The van der Waals surface area contributed by atoms with Crippen LogP contribution in [0.3, 0.4) is 0 Å². The lowest BCUT2D eigenvalue weighted by Crippen LogP contribution is -2.03. The van der Waals surface area contributed by atoms with Crippen LogP contribution in [0.4, 0.5) is 0 Å². The second-order valence-electron chi connectivity index (χ2n) is 2.50. The van der Waals surface area contributed by atoms with Crippen molar-refractivity contribution in [2.75, 3.05) is 13.2 Å². The molecule has 0 aromatic heterocycles. The fraction of sp³-hybridized carbons (Fsp3) is 0.889. The molecule has 0 atom stereocenters. The number of ketones is 1. The van der Waals surface area contributed by atoms with Gasteiger partial charge in [0.25, 0.3) is 0 Å². The zero-order valence-corrected chi connectivity index (χ0v) is 7.27. The van der Waals surface area contributed by atoms with Gasteiger partial charge in [-0.15, -0.1) is 0 Å². The molecule has 0 amide bonds. The molecular weight excluding hydrogens is 140 g/mol. The SMILES string of the molecule is [2H]CCCC(=O)CCOCCC. The molecule has 2 heteroatoms. The van der Waals surface area contributed by atoms with Crippen molar-refractivity contribution in [2.24, 2.45) is 0 Å². The molecule has 0 radical (unpaired) electrons. The maximum atomic E-state index is 11.0. The van der Waals surface area contributed by atoms with Crippen LogP contribution in [-0.2, 0) is 9.53 Å². The lowest BCUT2D eigenvalue weighted by molar-refractivity contribution is -0.120. The van der Waals surface area contributed by atoms with Crippen molar-refractivity contribution in [3.8, 4) is 0 Å². The van der Waals surface area contributed by atoms with Crippen LogP contribution in [-0.4, -0.2) is 19.0 Å². The second kappa shape index (κ2) is 7.73. The van der Waals surface area contributed by atoms with Gasteiger partial charge in [0, 0.05) is 20.8 Å². The minimum Gasteiger partial charge on any atom is -0.381 e. The zero-order valence-electron chi connectivity index (χ0n) is 8.27. The highest BCUT2D eigenvalue weighted by molar-refractivity contribution is 5.78. The number of carbonyl (C=O) groups is 1. The predicted octanol–water partition coefficient (Wildman–Crippen LogP) is 2.17. The Kier molecular flexibility index (Phi) is 6.13. The monoisotopic (exact) mass is 159 g/mol. The topological polar surface area (TPSA) is 26.3 Å². The van der Waals surface area contributed by atoms with Gasteiger partial charge in [-0.25, -0.2) is 0 Å². The van der Waals surface area contributed by atoms with Crippen LogP contribution in [0, 0.1) is 0 Å². The van der Waals surface area contributed by atoms with Gasteiger partial charge in [-0.2, -0.15) is 0 Å². The summed E-state index contributed by atoms with van der Waals surface area (Å²) in [5.74, 6) is 0.221. The van der Waals surface area contributed by atoms with Gasteiger partial charge in [-0.3, -0.25) is 4.79 Å². The molecule has 0 aromatic rings. The van der Waals surface area contributed by atoms with E-state index in [-0.39, 0.29) is 5.78 Å². The molecule has 11 heavy (non-hydrogen) atoms. The first-order chi connectivity index (χ1) is 5.81. The van der Waals surface area contributed by atoms with Gasteiger partial charge in [0.05, 0.1) is 6.61 Å². The van der Waals surface area contributed by atoms with E-state index in [2.05, 4.69) is 0 Å². The van der Waals surface area contributed by atoms with Crippen molar-refractivity contribution in [2.45, 2.75) is 39.5 Å². The van der Waals surface area contributed by atoms with Crippen LogP contribution in [0.2, 0.25) is 0 Å². The van der Waals surface area contributed by atoms with Gasteiger partial charge in [0.2, 0.25) is 0 Å². The summed E-state index contributed by atoms with van der Waals surface area (Å²) in [5, 5.41) is 0. The van der Waals surface area contributed by atoms with Crippen molar-refractivity contribution in [3.05, 3.63) is 0 Å². The van der Waals surface area contributed by atoms with E-state index in [0.29, 0.717) is 32.8 Å². The van der Waals surface area contributed by atoms with E-state index in [1.807, 2.05) is 6.92 Å². The molecule has 0 heterocycles. The Labute approximate surface area is 70.3 Å². The van der Waals surface area contributed by atoms with Crippen molar-refractivity contribution in [1.29, 1.82) is 0 Å². The molecule has 2 nitrogen and oxygen atoms in total. The maximum Gasteiger partial charge on any atom is 0.135 e. The van der Waals surface area contributed by atoms with Crippen LogP contribution in [0.5, 0.6) is 0 Å². The van der Waals surface area contributed by atoms with Gasteiger partial charge >= 0.3 is 0 Å². The third-order valence-electron chi connectivity index (χ3n) is 1.33. The molecule has 0 aromatic carbocycles. The molecular formula is C9H18O2.